The van der Waals surface area contributed by atoms with E-state index in [1.54, 1.807) is 6.20 Å². The lowest BCUT2D eigenvalue weighted by Gasteiger charge is -2.06. The van der Waals surface area contributed by atoms with Gasteiger partial charge in [-0.05, 0) is 23.6 Å². The second kappa shape index (κ2) is 5.09. The van der Waals surface area contributed by atoms with Crippen LogP contribution in [0.4, 0.5) is 0 Å². The van der Waals surface area contributed by atoms with Gasteiger partial charge in [0.1, 0.15) is 5.78 Å². The van der Waals surface area contributed by atoms with Gasteiger partial charge in [-0.1, -0.05) is 32.0 Å². The number of benzene rings is 1. The van der Waals surface area contributed by atoms with Gasteiger partial charge in [-0.2, -0.15) is 0 Å². The van der Waals surface area contributed by atoms with Gasteiger partial charge in [-0.15, -0.1) is 0 Å². The first kappa shape index (κ1) is 11.8. The Balaban J connectivity index is 2.27. The molecule has 2 nitrogen and oxygen atoms in total. The molecule has 1 aromatic carbocycles. The third-order valence-corrected chi connectivity index (χ3v) is 2.76. The summed E-state index contributed by atoms with van der Waals surface area (Å²) >= 11 is 0. The average Bonchev–Trinajstić information content (AvgIpc) is 2.28. The molecule has 0 unspecified atom stereocenters. The van der Waals surface area contributed by atoms with E-state index < -0.39 is 0 Å². The SMILES string of the molecule is CC(C)CC(=O)Cc1ccnc2ccccc12. The largest absolute Gasteiger partial charge is 0.299 e. The fraction of sp³-hybridized carbons (Fsp3) is 0.333. The molecule has 2 rings (SSSR count). The molecule has 88 valence electrons. The van der Waals surface area contributed by atoms with Crippen LogP contribution in [0.3, 0.4) is 0 Å². The molecule has 17 heavy (non-hydrogen) atoms. The first-order valence-electron chi connectivity index (χ1n) is 6.01. The van der Waals surface area contributed by atoms with Crippen LogP contribution in [-0.4, -0.2) is 10.8 Å². The van der Waals surface area contributed by atoms with Gasteiger partial charge in [-0.3, -0.25) is 9.78 Å². The monoisotopic (exact) mass is 227 g/mol. The van der Waals surface area contributed by atoms with E-state index in [0.29, 0.717) is 24.5 Å². The smallest absolute Gasteiger partial charge is 0.137 e. The number of rotatable bonds is 4. The summed E-state index contributed by atoms with van der Waals surface area (Å²) in [4.78, 5) is 16.1. The molecule has 0 N–H and O–H groups in total. The Morgan fingerprint density at radius 1 is 1.24 bits per heavy atom. The van der Waals surface area contributed by atoms with Gasteiger partial charge < -0.3 is 0 Å². The van der Waals surface area contributed by atoms with Gasteiger partial charge in [0.25, 0.3) is 0 Å². The van der Waals surface area contributed by atoms with Crippen LogP contribution in [-0.2, 0) is 11.2 Å². The van der Waals surface area contributed by atoms with E-state index >= 15 is 0 Å². The van der Waals surface area contributed by atoms with Crippen molar-refractivity contribution in [2.24, 2.45) is 5.92 Å². The van der Waals surface area contributed by atoms with Gasteiger partial charge in [-0.25, -0.2) is 0 Å². The highest BCUT2D eigenvalue weighted by Crippen LogP contribution is 2.17. The maximum Gasteiger partial charge on any atom is 0.137 e. The quantitative estimate of drug-likeness (QED) is 0.801. The lowest BCUT2D eigenvalue weighted by Crippen LogP contribution is -2.06. The van der Waals surface area contributed by atoms with Crippen molar-refractivity contribution in [2.45, 2.75) is 26.7 Å². The Labute approximate surface area is 102 Å². The molecule has 0 saturated heterocycles. The van der Waals surface area contributed by atoms with Crippen molar-refractivity contribution < 1.29 is 4.79 Å². The number of pyridine rings is 1. The molecule has 2 aromatic rings. The molecular formula is C15H17NO. The van der Waals surface area contributed by atoms with Crippen LogP contribution in [0.15, 0.2) is 36.5 Å². The van der Waals surface area contributed by atoms with Crippen molar-refractivity contribution in [3.05, 3.63) is 42.1 Å². The van der Waals surface area contributed by atoms with E-state index in [-0.39, 0.29) is 0 Å². The lowest BCUT2D eigenvalue weighted by molar-refractivity contribution is -0.119. The molecule has 0 saturated carbocycles. The van der Waals surface area contributed by atoms with Crippen LogP contribution in [0.1, 0.15) is 25.8 Å². The highest BCUT2D eigenvalue weighted by molar-refractivity contribution is 5.88. The minimum absolute atomic E-state index is 0.302. The summed E-state index contributed by atoms with van der Waals surface area (Å²) in [5, 5.41) is 1.09. The van der Waals surface area contributed by atoms with E-state index in [2.05, 4.69) is 18.8 Å². The standard InChI is InChI=1S/C15H17NO/c1-11(2)9-13(17)10-12-7-8-16-15-6-4-3-5-14(12)15/h3-8,11H,9-10H2,1-2H3. The third kappa shape index (κ3) is 2.90. The van der Waals surface area contributed by atoms with Crippen LogP contribution in [0.2, 0.25) is 0 Å². The first-order chi connectivity index (χ1) is 8.16. The maximum absolute atomic E-state index is 11.8. The number of para-hydroxylation sites is 1. The number of hydrogen-bond acceptors (Lipinski definition) is 2. The fourth-order valence-corrected chi connectivity index (χ4v) is 2.05. The molecule has 0 amide bonds. The zero-order chi connectivity index (χ0) is 12.3. The number of aromatic nitrogens is 1. The van der Waals surface area contributed by atoms with Crippen LogP contribution >= 0.6 is 0 Å². The molecular weight excluding hydrogens is 210 g/mol. The van der Waals surface area contributed by atoms with Gasteiger partial charge in [0.05, 0.1) is 5.52 Å². The number of hydrogen-bond donors (Lipinski definition) is 0. The molecule has 1 aromatic heterocycles. The fourth-order valence-electron chi connectivity index (χ4n) is 2.05. The molecule has 0 aliphatic rings. The van der Waals surface area contributed by atoms with E-state index in [0.717, 1.165) is 16.5 Å². The summed E-state index contributed by atoms with van der Waals surface area (Å²) in [5.74, 6) is 0.729. The highest BCUT2D eigenvalue weighted by Gasteiger charge is 2.08. The van der Waals surface area contributed by atoms with Crippen LogP contribution < -0.4 is 0 Å². The summed E-state index contributed by atoms with van der Waals surface area (Å²) in [5.41, 5.74) is 2.04. The minimum atomic E-state index is 0.302. The van der Waals surface area contributed by atoms with Gasteiger partial charge in [0.2, 0.25) is 0 Å². The Morgan fingerprint density at radius 2 is 2.00 bits per heavy atom. The number of ketones is 1. The number of carbonyl (C=O) groups excluding carboxylic acids is 1. The minimum Gasteiger partial charge on any atom is -0.299 e. The number of fused-ring (bicyclic) bond motifs is 1. The molecule has 0 bridgehead atoms. The number of Topliss-reactive ketones (excluding diaryl/α,β-unsaturated/α-hetero) is 1. The summed E-state index contributed by atoms with van der Waals surface area (Å²) < 4.78 is 0. The Kier molecular flexibility index (Phi) is 3.52. The first-order valence-corrected chi connectivity index (χ1v) is 6.01. The Bertz CT molecular complexity index is 526. The molecule has 0 radical (unpaired) electrons. The summed E-state index contributed by atoms with van der Waals surface area (Å²) in [7, 11) is 0. The molecule has 1 heterocycles. The van der Waals surface area contributed by atoms with Crippen LogP contribution in [0, 0.1) is 5.92 Å². The van der Waals surface area contributed by atoms with Crippen molar-refractivity contribution >= 4 is 16.7 Å². The molecule has 0 fully saturated rings. The highest BCUT2D eigenvalue weighted by atomic mass is 16.1. The summed E-state index contributed by atoms with van der Waals surface area (Å²) in [6, 6.07) is 9.90. The van der Waals surface area contributed by atoms with Crippen molar-refractivity contribution in [2.75, 3.05) is 0 Å². The van der Waals surface area contributed by atoms with Crippen molar-refractivity contribution in [3.63, 3.8) is 0 Å². The van der Waals surface area contributed by atoms with Crippen molar-refractivity contribution in [1.29, 1.82) is 0 Å². The third-order valence-electron chi connectivity index (χ3n) is 2.76. The maximum atomic E-state index is 11.8. The molecule has 0 aliphatic carbocycles. The predicted octanol–water partition coefficient (Wildman–Crippen LogP) is 3.39. The zero-order valence-corrected chi connectivity index (χ0v) is 10.3. The van der Waals surface area contributed by atoms with Crippen molar-refractivity contribution in [3.8, 4) is 0 Å². The van der Waals surface area contributed by atoms with Gasteiger partial charge in [0.15, 0.2) is 0 Å². The second-order valence-corrected chi connectivity index (χ2v) is 4.80. The van der Waals surface area contributed by atoms with Crippen molar-refractivity contribution in [1.82, 2.24) is 4.98 Å². The van der Waals surface area contributed by atoms with E-state index in [4.69, 9.17) is 0 Å². The van der Waals surface area contributed by atoms with Crippen LogP contribution in [0.25, 0.3) is 10.9 Å². The molecule has 0 aliphatic heterocycles. The normalized spacial score (nSPS) is 11.0. The number of nitrogens with zero attached hydrogens (tertiary/aromatic N) is 1. The predicted molar refractivity (Wildman–Crippen MR) is 69.9 cm³/mol. The van der Waals surface area contributed by atoms with Gasteiger partial charge in [0, 0.05) is 24.4 Å². The Hall–Kier alpha value is -1.70. The summed E-state index contributed by atoms with van der Waals surface area (Å²) in [6.45, 7) is 4.14. The average molecular weight is 227 g/mol. The van der Waals surface area contributed by atoms with E-state index in [9.17, 15) is 4.79 Å². The molecule has 2 heteroatoms. The van der Waals surface area contributed by atoms with Gasteiger partial charge >= 0.3 is 0 Å². The van der Waals surface area contributed by atoms with E-state index in [1.807, 2.05) is 30.3 Å². The van der Waals surface area contributed by atoms with E-state index in [1.165, 1.54) is 0 Å². The zero-order valence-electron chi connectivity index (χ0n) is 10.3. The molecule has 0 atom stereocenters. The Morgan fingerprint density at radius 3 is 2.76 bits per heavy atom. The number of carbonyl (C=O) groups is 1. The lowest BCUT2D eigenvalue weighted by atomic mass is 9.99. The topological polar surface area (TPSA) is 30.0 Å². The summed E-state index contributed by atoms with van der Waals surface area (Å²) in [6.07, 6.45) is 2.94. The second-order valence-electron chi connectivity index (χ2n) is 4.80. The molecule has 0 spiro atoms. The van der Waals surface area contributed by atoms with Crippen LogP contribution in [0.5, 0.6) is 0 Å².